The third-order valence-electron chi connectivity index (χ3n) is 2.19. The van der Waals surface area contributed by atoms with Gasteiger partial charge in [0.05, 0.1) is 0 Å². The van der Waals surface area contributed by atoms with Crippen LogP contribution in [-0.2, 0) is 9.59 Å². The summed E-state index contributed by atoms with van der Waals surface area (Å²) in [5, 5.41) is 11.4. The van der Waals surface area contributed by atoms with Gasteiger partial charge in [-0.25, -0.2) is 4.39 Å². The number of carboxylic acid groups (broad SMARTS) is 1. The van der Waals surface area contributed by atoms with Crippen LogP contribution < -0.4 is 5.32 Å². The average molecular weight is 266 g/mol. The van der Waals surface area contributed by atoms with Crippen LogP contribution in [0.3, 0.4) is 0 Å². The van der Waals surface area contributed by atoms with Gasteiger partial charge in [0.25, 0.3) is 0 Å². The maximum Gasteiger partial charge on any atom is 0.321 e. The number of rotatable bonds is 5. The molecule has 5 nitrogen and oxygen atoms in total. The highest BCUT2D eigenvalue weighted by Crippen LogP contribution is 2.10. The van der Waals surface area contributed by atoms with Crippen LogP contribution in [-0.4, -0.2) is 29.2 Å². The topological polar surface area (TPSA) is 78.8 Å². The van der Waals surface area contributed by atoms with Gasteiger partial charge in [-0.3, -0.25) is 14.6 Å². The molecule has 0 radical (unpaired) electrons. The summed E-state index contributed by atoms with van der Waals surface area (Å²) >= 11 is 0. The molecular formula is C13H15FN2O3. The van der Waals surface area contributed by atoms with E-state index in [1.165, 1.54) is 24.3 Å². The number of amides is 1. The predicted molar refractivity (Wildman–Crippen MR) is 69.8 cm³/mol. The second-order valence-corrected chi connectivity index (χ2v) is 4.20. The maximum atomic E-state index is 12.7. The van der Waals surface area contributed by atoms with Gasteiger partial charge in [-0.15, -0.1) is 0 Å². The molecule has 0 aromatic heterocycles. The van der Waals surface area contributed by atoms with Gasteiger partial charge in [-0.1, -0.05) is 0 Å². The Bertz CT molecular complexity index is 483. The Labute approximate surface area is 110 Å². The molecular weight excluding hydrogens is 251 g/mol. The fourth-order valence-corrected chi connectivity index (χ4v) is 1.26. The van der Waals surface area contributed by atoms with Crippen LogP contribution in [0.1, 0.15) is 13.8 Å². The number of carboxylic acids is 1. The third-order valence-corrected chi connectivity index (χ3v) is 2.19. The normalized spacial score (nSPS) is 12.6. The van der Waals surface area contributed by atoms with Gasteiger partial charge < -0.3 is 10.4 Å². The lowest BCUT2D eigenvalue weighted by Crippen LogP contribution is -2.31. The van der Waals surface area contributed by atoms with E-state index < -0.39 is 23.6 Å². The quantitative estimate of drug-likeness (QED) is 0.631. The molecule has 0 spiro atoms. The van der Waals surface area contributed by atoms with E-state index in [9.17, 15) is 14.0 Å². The van der Waals surface area contributed by atoms with Gasteiger partial charge in [0.2, 0.25) is 5.91 Å². The fourth-order valence-electron chi connectivity index (χ4n) is 1.26. The van der Waals surface area contributed by atoms with Gasteiger partial charge >= 0.3 is 5.97 Å². The minimum atomic E-state index is -1.37. The number of benzene rings is 1. The summed E-state index contributed by atoms with van der Waals surface area (Å²) in [5.41, 5.74) is 0.329. The molecule has 1 unspecified atom stereocenters. The number of aliphatic carboxylic acids is 1. The molecule has 1 aromatic carbocycles. The maximum absolute atomic E-state index is 12.7. The highest BCUT2D eigenvalue weighted by atomic mass is 19.1. The van der Waals surface area contributed by atoms with Crippen molar-refractivity contribution in [3.63, 3.8) is 0 Å². The number of nitrogens with zero attached hydrogens (tertiary/aromatic N) is 1. The lowest BCUT2D eigenvalue weighted by Gasteiger charge is -2.09. The van der Waals surface area contributed by atoms with E-state index >= 15 is 0 Å². The first-order chi connectivity index (χ1) is 8.90. The summed E-state index contributed by atoms with van der Waals surface area (Å²) in [4.78, 5) is 26.7. The SMILES string of the molecule is CC(C)N=CC(C(=O)O)C(=O)Nc1ccc(F)cc1. The first-order valence-electron chi connectivity index (χ1n) is 5.72. The highest BCUT2D eigenvalue weighted by molar-refractivity contribution is 6.15. The number of hydrogen-bond acceptors (Lipinski definition) is 3. The zero-order chi connectivity index (χ0) is 14.4. The van der Waals surface area contributed by atoms with E-state index in [4.69, 9.17) is 5.11 Å². The van der Waals surface area contributed by atoms with Gasteiger partial charge in [0.1, 0.15) is 5.82 Å². The molecule has 0 aliphatic heterocycles. The van der Waals surface area contributed by atoms with E-state index in [2.05, 4.69) is 10.3 Å². The van der Waals surface area contributed by atoms with Crippen LogP contribution in [0.4, 0.5) is 10.1 Å². The zero-order valence-corrected chi connectivity index (χ0v) is 10.6. The monoisotopic (exact) mass is 266 g/mol. The largest absolute Gasteiger partial charge is 0.480 e. The summed E-state index contributed by atoms with van der Waals surface area (Å²) in [6.07, 6.45) is 1.10. The first kappa shape index (κ1) is 14.8. The Kier molecular flexibility index (Phi) is 5.17. The third kappa shape index (κ3) is 4.87. The van der Waals surface area contributed by atoms with E-state index in [0.29, 0.717) is 5.69 Å². The van der Waals surface area contributed by atoms with Crippen LogP contribution in [0.2, 0.25) is 0 Å². The molecule has 0 heterocycles. The van der Waals surface area contributed by atoms with Gasteiger partial charge in [-0.2, -0.15) is 0 Å². The highest BCUT2D eigenvalue weighted by Gasteiger charge is 2.24. The fraction of sp³-hybridized carbons (Fsp3) is 0.308. The van der Waals surface area contributed by atoms with E-state index in [-0.39, 0.29) is 6.04 Å². The Balaban J connectivity index is 2.77. The van der Waals surface area contributed by atoms with Gasteiger partial charge in [0, 0.05) is 17.9 Å². The summed E-state index contributed by atoms with van der Waals surface area (Å²) in [6.45, 7) is 3.54. The second-order valence-electron chi connectivity index (χ2n) is 4.20. The number of carbonyl (C=O) groups is 2. The minimum Gasteiger partial charge on any atom is -0.480 e. The van der Waals surface area contributed by atoms with Crippen LogP contribution >= 0.6 is 0 Å². The molecule has 19 heavy (non-hydrogen) atoms. The van der Waals surface area contributed by atoms with Crippen molar-refractivity contribution < 1.29 is 19.1 Å². The lowest BCUT2D eigenvalue weighted by atomic mass is 10.1. The molecule has 1 atom stereocenters. The standard InChI is InChI=1S/C13H15FN2O3/c1-8(2)15-7-11(13(18)19)12(17)16-10-5-3-9(14)4-6-10/h3-8,11H,1-2H3,(H,16,17)(H,18,19). The van der Waals surface area contributed by atoms with Crippen molar-refractivity contribution in [3.8, 4) is 0 Å². The van der Waals surface area contributed by atoms with Crippen molar-refractivity contribution in [1.82, 2.24) is 0 Å². The molecule has 1 amide bonds. The molecule has 1 rings (SSSR count). The number of aliphatic imine (C=N–C) groups is 1. The molecule has 0 saturated carbocycles. The summed E-state index contributed by atoms with van der Waals surface area (Å²) < 4.78 is 12.7. The van der Waals surface area contributed by atoms with Crippen molar-refractivity contribution in [3.05, 3.63) is 30.1 Å². The van der Waals surface area contributed by atoms with Crippen molar-refractivity contribution in [2.45, 2.75) is 19.9 Å². The molecule has 2 N–H and O–H groups in total. The van der Waals surface area contributed by atoms with Gasteiger partial charge in [-0.05, 0) is 38.1 Å². The van der Waals surface area contributed by atoms with Crippen molar-refractivity contribution in [2.75, 3.05) is 5.32 Å². The molecule has 0 aliphatic rings. The summed E-state index contributed by atoms with van der Waals surface area (Å²) in [6, 6.07) is 4.96. The predicted octanol–water partition coefficient (Wildman–Crippen LogP) is 1.94. The molecule has 102 valence electrons. The molecule has 0 aliphatic carbocycles. The number of hydrogen-bond donors (Lipinski definition) is 2. The number of nitrogens with one attached hydrogen (secondary N) is 1. The van der Waals surface area contributed by atoms with Crippen LogP contribution in [0.25, 0.3) is 0 Å². The van der Waals surface area contributed by atoms with Crippen molar-refractivity contribution in [1.29, 1.82) is 0 Å². The lowest BCUT2D eigenvalue weighted by molar-refractivity contribution is -0.142. The first-order valence-corrected chi connectivity index (χ1v) is 5.72. The van der Waals surface area contributed by atoms with Crippen LogP contribution in [0.5, 0.6) is 0 Å². The smallest absolute Gasteiger partial charge is 0.321 e. The zero-order valence-electron chi connectivity index (χ0n) is 10.6. The van der Waals surface area contributed by atoms with E-state index in [0.717, 1.165) is 6.21 Å². The molecule has 0 saturated heterocycles. The Morgan fingerprint density at radius 1 is 1.32 bits per heavy atom. The Morgan fingerprint density at radius 2 is 1.89 bits per heavy atom. The Morgan fingerprint density at radius 3 is 2.37 bits per heavy atom. The Hall–Kier alpha value is -2.24. The molecule has 6 heteroatoms. The molecule has 0 bridgehead atoms. The van der Waals surface area contributed by atoms with E-state index in [1.807, 2.05) is 0 Å². The average Bonchev–Trinajstić information content (AvgIpc) is 2.31. The number of anilines is 1. The summed E-state index contributed by atoms with van der Waals surface area (Å²) in [5.74, 6) is -3.81. The van der Waals surface area contributed by atoms with Crippen molar-refractivity contribution in [2.24, 2.45) is 10.9 Å². The molecule has 1 aromatic rings. The summed E-state index contributed by atoms with van der Waals surface area (Å²) in [7, 11) is 0. The van der Waals surface area contributed by atoms with Crippen LogP contribution in [0, 0.1) is 11.7 Å². The van der Waals surface area contributed by atoms with Crippen LogP contribution in [0.15, 0.2) is 29.3 Å². The minimum absolute atomic E-state index is 0.0968. The molecule has 0 fully saturated rings. The second kappa shape index (κ2) is 6.63. The number of halogens is 1. The van der Waals surface area contributed by atoms with Gasteiger partial charge in [0.15, 0.2) is 5.92 Å². The van der Waals surface area contributed by atoms with E-state index in [1.54, 1.807) is 13.8 Å². The number of carbonyl (C=O) groups excluding carboxylic acids is 1. The van der Waals surface area contributed by atoms with Crippen molar-refractivity contribution >= 4 is 23.8 Å².